The van der Waals surface area contributed by atoms with Crippen LogP contribution >= 0.6 is 0 Å². The van der Waals surface area contributed by atoms with Gasteiger partial charge in [0.05, 0.1) is 6.42 Å². The lowest BCUT2D eigenvalue weighted by Crippen LogP contribution is -2.60. The van der Waals surface area contributed by atoms with E-state index in [2.05, 4.69) is 36.5 Å². The van der Waals surface area contributed by atoms with Gasteiger partial charge < -0.3 is 5.32 Å². The van der Waals surface area contributed by atoms with Gasteiger partial charge in [-0.3, -0.25) is 4.79 Å². The minimum atomic E-state index is 0.146. The Labute approximate surface area is 140 Å². The summed E-state index contributed by atoms with van der Waals surface area (Å²) in [6, 6.07) is 8.57. The highest BCUT2D eigenvalue weighted by molar-refractivity contribution is 5.79. The summed E-state index contributed by atoms with van der Waals surface area (Å²) < 4.78 is 0. The summed E-state index contributed by atoms with van der Waals surface area (Å²) in [4.78, 5) is 12.7. The van der Waals surface area contributed by atoms with Crippen LogP contribution < -0.4 is 5.32 Å². The molecule has 0 saturated heterocycles. The fraction of sp³-hybridized carbons (Fsp3) is 0.667. The molecular weight excluding hydrogens is 282 g/mol. The molecule has 23 heavy (non-hydrogen) atoms. The van der Waals surface area contributed by atoms with Crippen LogP contribution in [0.2, 0.25) is 0 Å². The zero-order valence-electron chi connectivity index (χ0n) is 14.3. The summed E-state index contributed by atoms with van der Waals surface area (Å²) in [5, 5.41) is 3.49. The van der Waals surface area contributed by atoms with Crippen molar-refractivity contribution in [3.05, 3.63) is 35.4 Å². The number of carbonyl (C=O) groups excluding carboxylic acids is 1. The van der Waals surface area contributed by atoms with Gasteiger partial charge >= 0.3 is 0 Å². The van der Waals surface area contributed by atoms with Gasteiger partial charge in [-0.25, -0.2) is 0 Å². The van der Waals surface area contributed by atoms with E-state index in [1.54, 1.807) is 0 Å². The van der Waals surface area contributed by atoms with Gasteiger partial charge in [-0.1, -0.05) is 37.6 Å². The first-order valence-electron chi connectivity index (χ1n) is 9.53. The predicted molar refractivity (Wildman–Crippen MR) is 93.2 cm³/mol. The largest absolute Gasteiger partial charge is 0.350 e. The van der Waals surface area contributed by atoms with E-state index in [9.17, 15) is 4.79 Å². The highest BCUT2D eigenvalue weighted by atomic mass is 16.1. The number of amides is 1. The van der Waals surface area contributed by atoms with Crippen molar-refractivity contribution in [3.8, 4) is 0 Å². The molecule has 0 atom stereocenters. The number of aryl methyl sites for hydroxylation is 1. The molecule has 4 bridgehead atoms. The van der Waals surface area contributed by atoms with Crippen LogP contribution in [-0.2, 0) is 17.6 Å². The van der Waals surface area contributed by atoms with E-state index >= 15 is 0 Å². The quantitative estimate of drug-likeness (QED) is 0.864. The second kappa shape index (κ2) is 5.96. The summed E-state index contributed by atoms with van der Waals surface area (Å²) in [6.07, 6.45) is 10.8. The first kappa shape index (κ1) is 15.2. The molecule has 0 aromatic heterocycles. The Morgan fingerprint density at radius 2 is 1.70 bits per heavy atom. The first-order valence-corrected chi connectivity index (χ1v) is 9.53. The zero-order chi connectivity index (χ0) is 15.9. The number of hydrogen-bond donors (Lipinski definition) is 1. The molecular formula is C21H29NO. The smallest absolute Gasteiger partial charge is 0.224 e. The van der Waals surface area contributed by atoms with E-state index in [1.807, 2.05) is 0 Å². The molecule has 0 unspecified atom stereocenters. The lowest BCUT2D eigenvalue weighted by Gasteiger charge is -2.56. The third kappa shape index (κ3) is 3.18. The maximum absolute atomic E-state index is 12.7. The van der Waals surface area contributed by atoms with Gasteiger partial charge in [0.25, 0.3) is 0 Å². The van der Waals surface area contributed by atoms with Crippen LogP contribution in [0.25, 0.3) is 0 Å². The van der Waals surface area contributed by atoms with E-state index in [0.717, 1.165) is 36.2 Å². The Bertz CT molecular complexity index is 556. The summed E-state index contributed by atoms with van der Waals surface area (Å²) >= 11 is 0. The van der Waals surface area contributed by atoms with Crippen molar-refractivity contribution in [2.45, 2.75) is 70.3 Å². The average Bonchev–Trinajstić information content (AvgIpc) is 2.45. The molecule has 0 aliphatic heterocycles. The van der Waals surface area contributed by atoms with E-state index < -0.39 is 0 Å². The van der Waals surface area contributed by atoms with Crippen LogP contribution in [0.4, 0.5) is 0 Å². The van der Waals surface area contributed by atoms with Crippen LogP contribution in [0, 0.1) is 17.8 Å². The summed E-state index contributed by atoms with van der Waals surface area (Å²) in [5.41, 5.74) is 2.66. The van der Waals surface area contributed by atoms with Crippen molar-refractivity contribution in [3.63, 3.8) is 0 Å². The molecule has 4 aliphatic carbocycles. The molecule has 4 fully saturated rings. The van der Waals surface area contributed by atoms with Gasteiger partial charge in [0.15, 0.2) is 0 Å². The second-order valence-corrected chi connectivity index (χ2v) is 8.49. The lowest BCUT2D eigenvalue weighted by atomic mass is 9.53. The molecule has 1 N–H and O–H groups in total. The summed E-state index contributed by atoms with van der Waals surface area (Å²) in [7, 11) is 0. The van der Waals surface area contributed by atoms with Crippen LogP contribution in [0.15, 0.2) is 24.3 Å². The van der Waals surface area contributed by atoms with Gasteiger partial charge in [0.2, 0.25) is 5.91 Å². The fourth-order valence-electron chi connectivity index (χ4n) is 5.97. The third-order valence-corrected chi connectivity index (χ3v) is 6.34. The van der Waals surface area contributed by atoms with Gasteiger partial charge in [0, 0.05) is 5.54 Å². The van der Waals surface area contributed by atoms with Gasteiger partial charge in [-0.15, -0.1) is 0 Å². The third-order valence-electron chi connectivity index (χ3n) is 6.34. The number of benzene rings is 1. The number of nitrogens with one attached hydrogen (secondary N) is 1. The van der Waals surface area contributed by atoms with Gasteiger partial charge in [0.1, 0.15) is 0 Å². The molecule has 4 aliphatic rings. The highest BCUT2D eigenvalue weighted by Gasteiger charge is 2.51. The van der Waals surface area contributed by atoms with Crippen molar-refractivity contribution < 1.29 is 4.79 Å². The Balaban J connectivity index is 1.41. The first-order chi connectivity index (χ1) is 11.1. The van der Waals surface area contributed by atoms with Gasteiger partial charge in [-0.2, -0.15) is 0 Å². The van der Waals surface area contributed by atoms with E-state index in [4.69, 9.17) is 0 Å². The Morgan fingerprint density at radius 1 is 1.09 bits per heavy atom. The van der Waals surface area contributed by atoms with E-state index in [1.165, 1.54) is 44.1 Å². The predicted octanol–water partition coefficient (Wildman–Crippen LogP) is 4.27. The van der Waals surface area contributed by atoms with E-state index in [-0.39, 0.29) is 11.4 Å². The fourth-order valence-corrected chi connectivity index (χ4v) is 5.97. The second-order valence-electron chi connectivity index (χ2n) is 8.49. The van der Waals surface area contributed by atoms with Crippen LogP contribution in [0.5, 0.6) is 0 Å². The Hall–Kier alpha value is -1.31. The SMILES string of the molecule is CCCc1cccc(CC(=O)NC23CC4CC(CC(C4)C2)C3)c1. The highest BCUT2D eigenvalue weighted by Crippen LogP contribution is 2.55. The molecule has 1 amide bonds. The number of rotatable bonds is 5. The summed E-state index contributed by atoms with van der Waals surface area (Å²) in [5.74, 6) is 2.89. The molecule has 0 heterocycles. The van der Waals surface area contributed by atoms with Crippen molar-refractivity contribution >= 4 is 5.91 Å². The topological polar surface area (TPSA) is 29.1 Å². The molecule has 4 saturated carbocycles. The number of carbonyl (C=O) groups is 1. The molecule has 2 heteroatoms. The van der Waals surface area contributed by atoms with Crippen LogP contribution in [0.1, 0.15) is 63.0 Å². The molecule has 1 aromatic carbocycles. The van der Waals surface area contributed by atoms with Crippen LogP contribution in [0.3, 0.4) is 0 Å². The molecule has 124 valence electrons. The van der Waals surface area contributed by atoms with Crippen molar-refractivity contribution in [1.82, 2.24) is 5.32 Å². The molecule has 2 nitrogen and oxygen atoms in total. The van der Waals surface area contributed by atoms with Crippen LogP contribution in [-0.4, -0.2) is 11.4 Å². The average molecular weight is 311 g/mol. The van der Waals surface area contributed by atoms with Crippen molar-refractivity contribution in [2.24, 2.45) is 17.8 Å². The molecule has 1 aromatic rings. The lowest BCUT2D eigenvalue weighted by molar-refractivity contribution is -0.126. The molecule has 5 rings (SSSR count). The Kier molecular flexibility index (Phi) is 3.95. The van der Waals surface area contributed by atoms with Crippen molar-refractivity contribution in [2.75, 3.05) is 0 Å². The minimum Gasteiger partial charge on any atom is -0.350 e. The Morgan fingerprint density at radius 3 is 2.30 bits per heavy atom. The maximum Gasteiger partial charge on any atom is 0.224 e. The normalized spacial score (nSPS) is 34.6. The van der Waals surface area contributed by atoms with Crippen molar-refractivity contribution in [1.29, 1.82) is 0 Å². The zero-order valence-corrected chi connectivity index (χ0v) is 14.3. The molecule has 0 radical (unpaired) electrons. The summed E-state index contributed by atoms with van der Waals surface area (Å²) in [6.45, 7) is 2.20. The molecule has 0 spiro atoms. The monoisotopic (exact) mass is 311 g/mol. The minimum absolute atomic E-state index is 0.146. The standard InChI is InChI=1S/C21H29NO/c1-2-4-15-5-3-6-16(7-15)11-20(23)22-21-12-17-8-18(13-21)10-19(9-17)14-21/h3,5-7,17-19H,2,4,8-14H2,1H3,(H,22,23). The van der Waals surface area contributed by atoms with Gasteiger partial charge in [-0.05, 0) is 73.8 Å². The number of hydrogen-bond acceptors (Lipinski definition) is 1. The maximum atomic E-state index is 12.7. The van der Waals surface area contributed by atoms with E-state index in [0.29, 0.717) is 6.42 Å².